The monoisotopic (exact) mass is 324 g/mol. The highest BCUT2D eigenvalue weighted by Crippen LogP contribution is 2.16. The van der Waals surface area contributed by atoms with Crippen LogP contribution < -0.4 is 5.32 Å². The van der Waals surface area contributed by atoms with Gasteiger partial charge in [0.2, 0.25) is 0 Å². The first-order chi connectivity index (χ1) is 10.9. The zero-order chi connectivity index (χ0) is 17.1. The lowest BCUT2D eigenvalue weighted by Gasteiger charge is -2.30. The third kappa shape index (κ3) is 3.20. The van der Waals surface area contributed by atoms with Crippen LogP contribution in [0, 0.1) is 0 Å². The van der Waals surface area contributed by atoms with Crippen molar-refractivity contribution in [3.05, 3.63) is 0 Å². The highest BCUT2D eigenvalue weighted by atomic mass is 16.5. The molecule has 2 aliphatic rings. The number of hydrogen-bond acceptors (Lipinski definition) is 6. The molecule has 0 aromatic rings. The van der Waals surface area contributed by atoms with E-state index in [0.29, 0.717) is 0 Å². The van der Waals surface area contributed by atoms with E-state index in [-0.39, 0.29) is 25.5 Å². The quantitative estimate of drug-likeness (QED) is 0.465. The standard InChI is InChI=1S/C13H17N5O5/c1-4-23-9(20)5-14-8(19)6-18-7-15-11-10(18)12(21)17(3)13(22)16(11)2/h7,10H,4-6H2,1-3H3/p+1. The van der Waals surface area contributed by atoms with Crippen molar-refractivity contribution in [2.75, 3.05) is 33.8 Å². The van der Waals surface area contributed by atoms with E-state index < -0.39 is 29.9 Å². The lowest BCUT2D eigenvalue weighted by Crippen LogP contribution is -2.62. The molecule has 2 rings (SSSR count). The van der Waals surface area contributed by atoms with Gasteiger partial charge in [-0.2, -0.15) is 0 Å². The van der Waals surface area contributed by atoms with Crippen LogP contribution in [0.5, 0.6) is 0 Å². The number of carbonyl (C=O) groups is 4. The number of rotatable bonds is 5. The van der Waals surface area contributed by atoms with Gasteiger partial charge in [-0.1, -0.05) is 0 Å². The number of amides is 4. The van der Waals surface area contributed by atoms with Crippen LogP contribution >= 0.6 is 0 Å². The molecule has 2 heterocycles. The first-order valence-electron chi connectivity index (χ1n) is 7.01. The number of likely N-dealkylation sites (N-methyl/N-ethyl adjacent to an activating group) is 2. The van der Waals surface area contributed by atoms with Gasteiger partial charge in [0, 0.05) is 14.1 Å². The first-order valence-corrected chi connectivity index (χ1v) is 7.01. The molecule has 0 aliphatic carbocycles. The van der Waals surface area contributed by atoms with Gasteiger partial charge in [-0.25, -0.2) is 9.37 Å². The maximum absolute atomic E-state index is 12.2. The van der Waals surface area contributed by atoms with Gasteiger partial charge in [0.25, 0.3) is 30.0 Å². The molecule has 124 valence electrons. The molecular formula is C13H18N5O5+. The summed E-state index contributed by atoms with van der Waals surface area (Å²) >= 11 is 0. The SMILES string of the molecule is CCOC(=O)CNC(=O)C[N+]1=CN=C2C1C(=O)N(C)C(=O)N2C. The van der Waals surface area contributed by atoms with E-state index in [1.807, 2.05) is 0 Å². The molecule has 1 saturated heterocycles. The van der Waals surface area contributed by atoms with E-state index in [0.717, 1.165) is 4.90 Å². The third-order valence-corrected chi connectivity index (χ3v) is 3.46. The Labute approximate surface area is 132 Å². The Morgan fingerprint density at radius 3 is 2.70 bits per heavy atom. The van der Waals surface area contributed by atoms with Gasteiger partial charge in [0.1, 0.15) is 6.54 Å². The molecule has 0 radical (unpaired) electrons. The second-order valence-corrected chi connectivity index (χ2v) is 5.00. The first kappa shape index (κ1) is 16.6. The van der Waals surface area contributed by atoms with E-state index in [2.05, 4.69) is 10.3 Å². The molecule has 23 heavy (non-hydrogen) atoms. The van der Waals surface area contributed by atoms with Crippen molar-refractivity contribution in [2.24, 2.45) is 4.99 Å². The summed E-state index contributed by atoms with van der Waals surface area (Å²) in [6.45, 7) is 1.49. The normalized spacial score (nSPS) is 20.0. The molecule has 1 atom stereocenters. The van der Waals surface area contributed by atoms with Gasteiger partial charge >= 0.3 is 12.0 Å². The second kappa shape index (κ2) is 6.55. The summed E-state index contributed by atoms with van der Waals surface area (Å²) in [6, 6.07) is -1.30. The number of carbonyl (C=O) groups excluding carboxylic acids is 4. The van der Waals surface area contributed by atoms with Crippen LogP contribution in [0.25, 0.3) is 0 Å². The Morgan fingerprint density at radius 1 is 1.35 bits per heavy atom. The summed E-state index contributed by atoms with van der Waals surface area (Å²) in [5.41, 5.74) is 0. The van der Waals surface area contributed by atoms with E-state index in [9.17, 15) is 19.2 Å². The summed E-state index contributed by atoms with van der Waals surface area (Å²) in [5, 5.41) is 2.40. The van der Waals surface area contributed by atoms with Gasteiger partial charge in [-0.15, -0.1) is 0 Å². The number of nitrogens with zero attached hydrogens (tertiary/aromatic N) is 4. The molecule has 0 aromatic heterocycles. The number of imide groups is 1. The molecule has 1 N–H and O–H groups in total. The molecule has 10 nitrogen and oxygen atoms in total. The van der Waals surface area contributed by atoms with Gasteiger partial charge in [0.05, 0.1) is 6.61 Å². The molecule has 0 saturated carbocycles. The molecule has 0 bridgehead atoms. The Bertz CT molecular complexity index is 626. The van der Waals surface area contributed by atoms with Crippen molar-refractivity contribution in [3.63, 3.8) is 0 Å². The maximum Gasteiger partial charge on any atom is 0.333 e. The molecule has 0 aromatic carbocycles. The minimum atomic E-state index is -0.823. The Balaban J connectivity index is 1.98. The van der Waals surface area contributed by atoms with Gasteiger partial charge in [-0.3, -0.25) is 24.2 Å². The van der Waals surface area contributed by atoms with Gasteiger partial charge < -0.3 is 10.1 Å². The van der Waals surface area contributed by atoms with Crippen LogP contribution in [0.1, 0.15) is 6.92 Å². The Kier molecular flexibility index (Phi) is 4.72. The summed E-state index contributed by atoms with van der Waals surface area (Å²) < 4.78 is 6.12. The highest BCUT2D eigenvalue weighted by molar-refractivity contribution is 6.21. The fraction of sp³-hybridized carbons (Fsp3) is 0.538. The Hall–Kier alpha value is -2.78. The molecule has 0 spiro atoms. The topological polar surface area (TPSA) is 111 Å². The highest BCUT2D eigenvalue weighted by Gasteiger charge is 2.50. The summed E-state index contributed by atoms with van der Waals surface area (Å²) in [4.78, 5) is 53.4. The van der Waals surface area contributed by atoms with Crippen molar-refractivity contribution in [1.29, 1.82) is 0 Å². The lowest BCUT2D eigenvalue weighted by atomic mass is 10.1. The molecule has 2 aliphatic heterocycles. The number of amidine groups is 1. The lowest BCUT2D eigenvalue weighted by molar-refractivity contribution is -0.519. The van der Waals surface area contributed by atoms with Crippen LogP contribution in [0.3, 0.4) is 0 Å². The maximum atomic E-state index is 12.2. The second-order valence-electron chi connectivity index (χ2n) is 5.00. The van der Waals surface area contributed by atoms with Crippen molar-refractivity contribution in [3.8, 4) is 0 Å². The minimum Gasteiger partial charge on any atom is -0.465 e. The van der Waals surface area contributed by atoms with E-state index >= 15 is 0 Å². The Morgan fingerprint density at radius 2 is 2.04 bits per heavy atom. The minimum absolute atomic E-state index is 0.168. The summed E-state index contributed by atoms with van der Waals surface area (Å²) in [7, 11) is 2.88. The van der Waals surface area contributed by atoms with E-state index in [1.165, 1.54) is 29.9 Å². The number of fused-ring (bicyclic) bond motifs is 1. The van der Waals surface area contributed by atoms with Crippen LogP contribution in [0.4, 0.5) is 4.79 Å². The zero-order valence-electron chi connectivity index (χ0n) is 13.1. The van der Waals surface area contributed by atoms with E-state index in [4.69, 9.17) is 4.74 Å². The average molecular weight is 324 g/mol. The average Bonchev–Trinajstić information content (AvgIpc) is 2.93. The largest absolute Gasteiger partial charge is 0.465 e. The third-order valence-electron chi connectivity index (χ3n) is 3.46. The van der Waals surface area contributed by atoms with Crippen molar-refractivity contribution < 1.29 is 28.5 Å². The molecule has 4 amide bonds. The number of esters is 1. The predicted molar refractivity (Wildman–Crippen MR) is 78.0 cm³/mol. The molecular weight excluding hydrogens is 306 g/mol. The van der Waals surface area contributed by atoms with Crippen LogP contribution in [-0.2, 0) is 19.1 Å². The fourth-order valence-electron chi connectivity index (χ4n) is 2.28. The number of nitrogens with one attached hydrogen (secondary N) is 1. The fourth-order valence-corrected chi connectivity index (χ4v) is 2.28. The number of urea groups is 1. The van der Waals surface area contributed by atoms with Gasteiger partial charge in [0.15, 0.2) is 6.54 Å². The molecule has 1 unspecified atom stereocenters. The zero-order valence-corrected chi connectivity index (χ0v) is 13.1. The summed E-state index contributed by atoms with van der Waals surface area (Å²) in [6.07, 6.45) is 1.34. The number of ether oxygens (including phenoxy) is 1. The van der Waals surface area contributed by atoms with Crippen LogP contribution in [0.2, 0.25) is 0 Å². The van der Waals surface area contributed by atoms with Gasteiger partial charge in [-0.05, 0) is 11.9 Å². The summed E-state index contributed by atoms with van der Waals surface area (Å²) in [5.74, 6) is -1.18. The van der Waals surface area contributed by atoms with Crippen LogP contribution in [0.15, 0.2) is 4.99 Å². The number of hydrogen-bond donors (Lipinski definition) is 1. The van der Waals surface area contributed by atoms with Crippen molar-refractivity contribution >= 4 is 36.0 Å². The van der Waals surface area contributed by atoms with Crippen molar-refractivity contribution in [1.82, 2.24) is 15.1 Å². The number of aliphatic imine (C=N–C) groups is 1. The van der Waals surface area contributed by atoms with E-state index in [1.54, 1.807) is 6.92 Å². The van der Waals surface area contributed by atoms with Crippen LogP contribution in [-0.4, -0.2) is 90.2 Å². The predicted octanol–water partition coefficient (Wildman–Crippen LogP) is -1.99. The smallest absolute Gasteiger partial charge is 0.333 e. The molecule has 10 heteroatoms. The van der Waals surface area contributed by atoms with Crippen molar-refractivity contribution in [2.45, 2.75) is 13.0 Å². The molecule has 1 fully saturated rings.